The van der Waals surface area contributed by atoms with Crippen molar-refractivity contribution < 1.29 is 0 Å². The second-order valence-electron chi connectivity index (χ2n) is 16.8. The summed E-state index contributed by atoms with van der Waals surface area (Å²) in [4.78, 5) is 0. The Bertz CT molecular complexity index is 3670. The second kappa shape index (κ2) is 13.9. The van der Waals surface area contributed by atoms with Gasteiger partial charge >= 0.3 is 0 Å². The molecule has 2 heterocycles. The van der Waals surface area contributed by atoms with Gasteiger partial charge in [-0.25, -0.2) is 0 Å². The summed E-state index contributed by atoms with van der Waals surface area (Å²) >= 11 is 0. The maximum absolute atomic E-state index is 2.49. The molecule has 0 amide bonds. The number of hydrogen-bond acceptors (Lipinski definition) is 0. The summed E-state index contributed by atoms with van der Waals surface area (Å²) in [5.41, 5.74) is 19.2. The minimum Gasteiger partial charge on any atom is -0.309 e. The molecule has 0 unspecified atom stereocenters. The van der Waals surface area contributed by atoms with E-state index >= 15 is 0 Å². The van der Waals surface area contributed by atoms with Crippen molar-refractivity contribution in [3.05, 3.63) is 265 Å². The molecule has 2 aromatic heterocycles. The maximum Gasteiger partial charge on any atom is 0.0714 e. The highest BCUT2D eigenvalue weighted by Crippen LogP contribution is 2.59. The van der Waals surface area contributed by atoms with Gasteiger partial charge in [0.15, 0.2) is 0 Å². The normalized spacial score (nSPS) is 12.9. The van der Waals surface area contributed by atoms with Crippen LogP contribution in [0.3, 0.4) is 0 Å². The molecule has 1 aliphatic rings. The van der Waals surface area contributed by atoms with Crippen LogP contribution in [0.2, 0.25) is 0 Å². The molecule has 0 fully saturated rings. The zero-order chi connectivity index (χ0) is 41.5. The summed E-state index contributed by atoms with van der Waals surface area (Å²) in [6.45, 7) is 0. The molecule has 0 radical (unpaired) electrons. The minimum atomic E-state index is -0.539. The first-order chi connectivity index (χ1) is 31.3. The van der Waals surface area contributed by atoms with Gasteiger partial charge in [0.25, 0.3) is 0 Å². The van der Waals surface area contributed by atoms with Crippen LogP contribution in [0.25, 0.3) is 88.4 Å². The summed E-state index contributed by atoms with van der Waals surface area (Å²) in [5, 5.41) is 4.99. The Morgan fingerprint density at radius 2 is 0.762 bits per heavy atom. The lowest BCUT2D eigenvalue weighted by Gasteiger charge is -2.34. The van der Waals surface area contributed by atoms with E-state index in [0.29, 0.717) is 0 Å². The average Bonchev–Trinajstić information content (AvgIpc) is 3.98. The van der Waals surface area contributed by atoms with Crippen molar-refractivity contribution in [2.45, 2.75) is 5.41 Å². The van der Waals surface area contributed by atoms with Gasteiger partial charge in [0.1, 0.15) is 0 Å². The third-order valence-corrected chi connectivity index (χ3v) is 13.6. The van der Waals surface area contributed by atoms with E-state index in [1.54, 1.807) is 0 Å². The molecule has 2 heteroatoms. The molecule has 0 spiro atoms. The highest BCUT2D eigenvalue weighted by Gasteiger charge is 2.47. The Balaban J connectivity index is 1.03. The van der Waals surface area contributed by atoms with Gasteiger partial charge < -0.3 is 9.13 Å². The lowest BCUT2D eigenvalue weighted by atomic mass is 9.67. The standard InChI is InChI=1S/C61H40N2/c1-5-18-41(19-6-1)48-28-17-29-54-60(48)51-35-34-47(40-55(51)61(54,44-20-7-2-8-21-44)45-22-9-3-10-23-45)63-57-31-16-14-27-50(57)53-39-43(33-37-59(53)63)42-32-36-58-52(38-42)49-26-13-15-30-56(49)62(58)46-24-11-4-12-25-46/h1-40H. The number of rotatable bonds is 6. The van der Waals surface area contributed by atoms with E-state index in [4.69, 9.17) is 0 Å². The van der Waals surface area contributed by atoms with Crippen molar-refractivity contribution in [2.24, 2.45) is 0 Å². The molecule has 1 aliphatic carbocycles. The molecule has 294 valence electrons. The second-order valence-corrected chi connectivity index (χ2v) is 16.8. The molecular formula is C61H40N2. The third-order valence-electron chi connectivity index (χ3n) is 13.6. The van der Waals surface area contributed by atoms with Crippen molar-refractivity contribution in [1.82, 2.24) is 9.13 Å². The van der Waals surface area contributed by atoms with Crippen molar-refractivity contribution in [3.63, 3.8) is 0 Å². The number of benzene rings is 10. The molecule has 0 bridgehead atoms. The summed E-state index contributed by atoms with van der Waals surface area (Å²) in [6, 6.07) is 89.6. The van der Waals surface area contributed by atoms with Gasteiger partial charge in [-0.2, -0.15) is 0 Å². The lowest BCUT2D eigenvalue weighted by Crippen LogP contribution is -2.28. The average molecular weight is 801 g/mol. The molecule has 0 saturated heterocycles. The topological polar surface area (TPSA) is 9.86 Å². The fourth-order valence-electron chi connectivity index (χ4n) is 11.0. The monoisotopic (exact) mass is 800 g/mol. The van der Waals surface area contributed by atoms with E-state index in [1.807, 2.05) is 0 Å². The van der Waals surface area contributed by atoms with E-state index in [-0.39, 0.29) is 0 Å². The van der Waals surface area contributed by atoms with Crippen LogP contribution in [0.15, 0.2) is 243 Å². The Hall–Kier alpha value is -8.20. The molecule has 10 aromatic carbocycles. The number of aromatic nitrogens is 2. The predicted octanol–water partition coefficient (Wildman–Crippen LogP) is 15.6. The van der Waals surface area contributed by atoms with E-state index in [1.165, 1.54) is 105 Å². The third kappa shape index (κ3) is 5.19. The van der Waals surface area contributed by atoms with Gasteiger partial charge in [-0.3, -0.25) is 0 Å². The van der Waals surface area contributed by atoms with Crippen LogP contribution in [0, 0.1) is 0 Å². The Morgan fingerprint density at radius 3 is 1.35 bits per heavy atom. The van der Waals surface area contributed by atoms with Crippen LogP contribution < -0.4 is 0 Å². The minimum absolute atomic E-state index is 0.539. The SMILES string of the molecule is c1ccc(-c2cccc3c2-c2ccc(-n4c5ccccc5c5cc(-c6ccc7c(c6)c6ccccc6n7-c6ccccc6)ccc54)cc2C3(c2ccccc2)c2ccccc2)cc1. The van der Waals surface area contributed by atoms with E-state index in [0.717, 1.165) is 5.69 Å². The summed E-state index contributed by atoms with van der Waals surface area (Å²) in [7, 11) is 0. The first kappa shape index (κ1) is 35.5. The predicted molar refractivity (Wildman–Crippen MR) is 263 cm³/mol. The fraction of sp³-hybridized carbons (Fsp3) is 0.0164. The van der Waals surface area contributed by atoms with Crippen LogP contribution in [-0.4, -0.2) is 9.13 Å². The molecule has 0 N–H and O–H groups in total. The van der Waals surface area contributed by atoms with E-state index in [2.05, 4.69) is 252 Å². The quantitative estimate of drug-likeness (QED) is 0.159. The van der Waals surface area contributed by atoms with Crippen molar-refractivity contribution >= 4 is 43.6 Å². The fourth-order valence-corrected chi connectivity index (χ4v) is 11.0. The van der Waals surface area contributed by atoms with Crippen LogP contribution in [0.4, 0.5) is 0 Å². The van der Waals surface area contributed by atoms with Crippen LogP contribution in [0.5, 0.6) is 0 Å². The Morgan fingerprint density at radius 1 is 0.270 bits per heavy atom. The smallest absolute Gasteiger partial charge is 0.0714 e. The van der Waals surface area contributed by atoms with Crippen molar-refractivity contribution in [1.29, 1.82) is 0 Å². The molecule has 2 nitrogen and oxygen atoms in total. The zero-order valence-electron chi connectivity index (χ0n) is 34.5. The number of hydrogen-bond donors (Lipinski definition) is 0. The summed E-state index contributed by atoms with van der Waals surface area (Å²) < 4.78 is 4.86. The van der Waals surface area contributed by atoms with Gasteiger partial charge in [-0.1, -0.05) is 182 Å². The van der Waals surface area contributed by atoms with E-state index < -0.39 is 5.41 Å². The largest absolute Gasteiger partial charge is 0.309 e. The molecule has 63 heavy (non-hydrogen) atoms. The van der Waals surface area contributed by atoms with Crippen LogP contribution in [-0.2, 0) is 5.41 Å². The number of nitrogens with zero attached hydrogens (tertiary/aromatic N) is 2. The molecule has 13 rings (SSSR count). The van der Waals surface area contributed by atoms with Gasteiger partial charge in [0, 0.05) is 32.9 Å². The number of para-hydroxylation sites is 3. The lowest BCUT2D eigenvalue weighted by molar-refractivity contribution is 0.767. The summed E-state index contributed by atoms with van der Waals surface area (Å²) in [5.74, 6) is 0. The van der Waals surface area contributed by atoms with Gasteiger partial charge in [0.2, 0.25) is 0 Å². The van der Waals surface area contributed by atoms with Crippen LogP contribution >= 0.6 is 0 Å². The first-order valence-electron chi connectivity index (χ1n) is 21.8. The van der Waals surface area contributed by atoms with Crippen LogP contribution in [0.1, 0.15) is 22.3 Å². The van der Waals surface area contributed by atoms with Gasteiger partial charge in [0.05, 0.1) is 27.5 Å². The molecule has 0 saturated carbocycles. The summed E-state index contributed by atoms with van der Waals surface area (Å²) in [6.07, 6.45) is 0. The highest BCUT2D eigenvalue weighted by molar-refractivity contribution is 6.13. The van der Waals surface area contributed by atoms with Gasteiger partial charge in [-0.05, 0) is 116 Å². The van der Waals surface area contributed by atoms with Crippen molar-refractivity contribution in [3.8, 4) is 44.8 Å². The maximum atomic E-state index is 2.49. The Kier molecular flexibility index (Phi) is 7.85. The molecule has 12 aromatic rings. The Labute approximate surface area is 366 Å². The van der Waals surface area contributed by atoms with Crippen molar-refractivity contribution in [2.75, 3.05) is 0 Å². The molecule has 0 aliphatic heterocycles. The van der Waals surface area contributed by atoms with Gasteiger partial charge in [-0.15, -0.1) is 0 Å². The number of fused-ring (bicyclic) bond motifs is 9. The molecular weight excluding hydrogens is 761 g/mol. The first-order valence-corrected chi connectivity index (χ1v) is 21.8. The molecule has 0 atom stereocenters. The highest BCUT2D eigenvalue weighted by atomic mass is 15.0. The van der Waals surface area contributed by atoms with E-state index in [9.17, 15) is 0 Å². The zero-order valence-corrected chi connectivity index (χ0v) is 34.5.